The van der Waals surface area contributed by atoms with Crippen LogP contribution >= 0.6 is 11.6 Å². The second-order valence-electron chi connectivity index (χ2n) is 3.10. The van der Waals surface area contributed by atoms with Gasteiger partial charge in [0, 0.05) is 6.07 Å². The lowest BCUT2D eigenvalue weighted by Crippen LogP contribution is -2.15. The summed E-state index contributed by atoms with van der Waals surface area (Å²) in [6.45, 7) is 0. The molecule has 0 saturated heterocycles. The van der Waals surface area contributed by atoms with Gasteiger partial charge in [-0.15, -0.1) is 0 Å². The summed E-state index contributed by atoms with van der Waals surface area (Å²) in [5, 5.41) is 14.9. The molecule has 1 aromatic carbocycles. The molecule has 0 spiro atoms. The van der Waals surface area contributed by atoms with E-state index < -0.39 is 36.5 Å². The Kier molecular flexibility index (Phi) is 3.89. The molecule has 1 aromatic rings. The third kappa shape index (κ3) is 2.75. The highest BCUT2D eigenvalue weighted by molar-refractivity contribution is 7.89. The van der Waals surface area contributed by atoms with Gasteiger partial charge in [0.05, 0.1) is 17.6 Å². The molecule has 10 heteroatoms. The lowest BCUT2D eigenvalue weighted by atomic mass is 10.2. The third-order valence-electron chi connectivity index (χ3n) is 1.94. The molecular weight excluding hydrogens is 288 g/mol. The van der Waals surface area contributed by atoms with Gasteiger partial charge in [0.15, 0.2) is 0 Å². The zero-order valence-electron chi connectivity index (χ0n) is 8.91. The SMILES string of the molecule is COC(=O)c1cc([N+](=O)[O-])c(Cl)c(S(N)(=O)=O)c1. The van der Waals surface area contributed by atoms with Crippen LogP contribution in [0, 0.1) is 10.1 Å². The molecular formula is C8H7ClN2O6S. The first-order valence-corrected chi connectivity index (χ1v) is 6.20. The van der Waals surface area contributed by atoms with E-state index in [1.807, 2.05) is 0 Å². The van der Waals surface area contributed by atoms with Crippen molar-refractivity contribution in [3.8, 4) is 0 Å². The van der Waals surface area contributed by atoms with Gasteiger partial charge in [-0.1, -0.05) is 11.6 Å². The van der Waals surface area contributed by atoms with E-state index in [2.05, 4.69) is 4.74 Å². The lowest BCUT2D eigenvalue weighted by molar-refractivity contribution is -0.384. The smallest absolute Gasteiger partial charge is 0.338 e. The van der Waals surface area contributed by atoms with Gasteiger partial charge in [0.1, 0.15) is 9.92 Å². The topological polar surface area (TPSA) is 130 Å². The zero-order valence-corrected chi connectivity index (χ0v) is 10.5. The van der Waals surface area contributed by atoms with Crippen molar-refractivity contribution in [3.63, 3.8) is 0 Å². The van der Waals surface area contributed by atoms with E-state index in [0.29, 0.717) is 0 Å². The summed E-state index contributed by atoms with van der Waals surface area (Å²) in [5.41, 5.74) is -1.08. The van der Waals surface area contributed by atoms with Crippen LogP contribution in [0.25, 0.3) is 0 Å². The molecule has 2 N–H and O–H groups in total. The molecule has 0 heterocycles. The molecule has 0 unspecified atom stereocenters. The predicted octanol–water partition coefficient (Wildman–Crippen LogP) is 0.682. The average molecular weight is 295 g/mol. The number of benzene rings is 1. The summed E-state index contributed by atoms with van der Waals surface area (Å²) < 4.78 is 26.8. The number of ether oxygens (including phenoxy) is 1. The Morgan fingerprint density at radius 2 is 2.06 bits per heavy atom. The van der Waals surface area contributed by atoms with Gasteiger partial charge in [-0.3, -0.25) is 10.1 Å². The first kappa shape index (κ1) is 14.4. The molecule has 0 fully saturated rings. The normalized spacial score (nSPS) is 11.1. The number of primary sulfonamides is 1. The molecule has 8 nitrogen and oxygen atoms in total. The number of hydrogen-bond acceptors (Lipinski definition) is 6. The summed E-state index contributed by atoms with van der Waals surface area (Å²) in [6, 6.07) is 1.62. The average Bonchev–Trinajstić information content (AvgIpc) is 2.26. The van der Waals surface area contributed by atoms with Crippen molar-refractivity contribution in [2.45, 2.75) is 4.90 Å². The summed E-state index contributed by atoms with van der Waals surface area (Å²) >= 11 is 5.56. The molecule has 0 aliphatic heterocycles. The number of carbonyl (C=O) groups excluding carboxylic acids is 1. The fourth-order valence-electron chi connectivity index (χ4n) is 1.16. The second-order valence-corrected chi connectivity index (χ2v) is 5.01. The fourth-order valence-corrected chi connectivity index (χ4v) is 2.31. The van der Waals surface area contributed by atoms with E-state index in [9.17, 15) is 23.3 Å². The molecule has 0 aliphatic carbocycles. The Hall–Kier alpha value is -1.71. The van der Waals surface area contributed by atoms with E-state index >= 15 is 0 Å². The van der Waals surface area contributed by atoms with E-state index in [1.54, 1.807) is 0 Å². The standard InChI is InChI=1S/C8H7ClN2O6S/c1-17-8(12)4-2-5(11(13)14)7(9)6(3-4)18(10,15)16/h2-3H,1H3,(H2,10,15,16). The third-order valence-corrected chi connectivity index (χ3v) is 3.39. The van der Waals surface area contributed by atoms with E-state index in [1.165, 1.54) is 0 Å². The van der Waals surface area contributed by atoms with Gasteiger partial charge < -0.3 is 4.74 Å². The summed E-state index contributed by atoms with van der Waals surface area (Å²) in [6.07, 6.45) is 0. The van der Waals surface area contributed by atoms with E-state index in [0.717, 1.165) is 19.2 Å². The zero-order chi connectivity index (χ0) is 14.1. The van der Waals surface area contributed by atoms with Gasteiger partial charge in [0.2, 0.25) is 10.0 Å². The van der Waals surface area contributed by atoms with Crippen molar-refractivity contribution < 1.29 is 22.9 Å². The first-order valence-electron chi connectivity index (χ1n) is 4.27. The highest BCUT2D eigenvalue weighted by Gasteiger charge is 2.26. The van der Waals surface area contributed by atoms with Crippen molar-refractivity contribution in [1.82, 2.24) is 0 Å². The number of carbonyl (C=O) groups is 1. The Balaban J connectivity index is 3.68. The number of hydrogen-bond donors (Lipinski definition) is 1. The van der Waals surface area contributed by atoms with Crippen LogP contribution in [0.2, 0.25) is 5.02 Å². The predicted molar refractivity (Wildman–Crippen MR) is 60.8 cm³/mol. The number of rotatable bonds is 3. The Morgan fingerprint density at radius 1 is 1.50 bits per heavy atom. The van der Waals surface area contributed by atoms with Crippen molar-refractivity contribution in [1.29, 1.82) is 0 Å². The quantitative estimate of drug-likeness (QED) is 0.495. The molecule has 98 valence electrons. The fraction of sp³-hybridized carbons (Fsp3) is 0.125. The molecule has 0 aromatic heterocycles. The van der Waals surface area contributed by atoms with Crippen LogP contribution in [0.3, 0.4) is 0 Å². The van der Waals surface area contributed by atoms with Crippen LogP contribution in [0.4, 0.5) is 5.69 Å². The highest BCUT2D eigenvalue weighted by Crippen LogP contribution is 2.32. The highest BCUT2D eigenvalue weighted by atomic mass is 35.5. The van der Waals surface area contributed by atoms with Crippen LogP contribution < -0.4 is 5.14 Å². The summed E-state index contributed by atoms with van der Waals surface area (Å²) in [5.74, 6) is -0.945. The Labute approximate surface area is 106 Å². The number of methoxy groups -OCH3 is 1. The van der Waals surface area contributed by atoms with Gasteiger partial charge in [-0.25, -0.2) is 18.4 Å². The number of nitro benzene ring substituents is 1. The van der Waals surface area contributed by atoms with Crippen molar-refractivity contribution in [2.75, 3.05) is 7.11 Å². The number of sulfonamides is 1. The van der Waals surface area contributed by atoms with E-state index in [4.69, 9.17) is 16.7 Å². The Morgan fingerprint density at radius 3 is 2.44 bits per heavy atom. The molecule has 0 amide bonds. The maximum absolute atomic E-state index is 11.3. The second kappa shape index (κ2) is 4.88. The van der Waals surface area contributed by atoms with Crippen LogP contribution in [-0.4, -0.2) is 26.4 Å². The summed E-state index contributed by atoms with van der Waals surface area (Å²) in [4.78, 5) is 20.3. The minimum Gasteiger partial charge on any atom is -0.465 e. The number of nitrogens with zero attached hydrogens (tertiary/aromatic N) is 1. The molecule has 0 atom stereocenters. The minimum atomic E-state index is -4.30. The number of nitro groups is 1. The number of nitrogens with two attached hydrogens (primary N) is 1. The maximum atomic E-state index is 11.3. The van der Waals surface area contributed by atoms with Crippen LogP contribution in [-0.2, 0) is 14.8 Å². The molecule has 0 saturated carbocycles. The van der Waals surface area contributed by atoms with Crippen molar-refractivity contribution in [2.24, 2.45) is 5.14 Å². The molecule has 18 heavy (non-hydrogen) atoms. The van der Waals surface area contributed by atoms with Crippen LogP contribution in [0.5, 0.6) is 0 Å². The van der Waals surface area contributed by atoms with Crippen LogP contribution in [0.15, 0.2) is 17.0 Å². The molecule has 0 aliphatic rings. The molecule has 0 bridgehead atoms. The molecule has 0 radical (unpaired) electrons. The lowest BCUT2D eigenvalue weighted by Gasteiger charge is -2.05. The van der Waals surface area contributed by atoms with Crippen molar-refractivity contribution >= 4 is 33.3 Å². The molecule has 1 rings (SSSR count). The number of halogens is 1. The minimum absolute atomic E-state index is 0.336. The monoisotopic (exact) mass is 294 g/mol. The maximum Gasteiger partial charge on any atom is 0.338 e. The number of esters is 1. The van der Waals surface area contributed by atoms with Gasteiger partial charge in [0.25, 0.3) is 5.69 Å². The Bertz CT molecular complexity index is 627. The van der Waals surface area contributed by atoms with Gasteiger partial charge >= 0.3 is 5.97 Å². The van der Waals surface area contributed by atoms with Gasteiger partial charge in [-0.05, 0) is 6.07 Å². The largest absolute Gasteiger partial charge is 0.465 e. The van der Waals surface area contributed by atoms with Gasteiger partial charge in [-0.2, -0.15) is 0 Å². The summed E-state index contributed by atoms with van der Waals surface area (Å²) in [7, 11) is -3.26. The van der Waals surface area contributed by atoms with Crippen molar-refractivity contribution in [3.05, 3.63) is 32.8 Å². The first-order chi connectivity index (χ1) is 8.18. The van der Waals surface area contributed by atoms with E-state index in [-0.39, 0.29) is 5.56 Å². The van der Waals surface area contributed by atoms with Crippen LogP contribution in [0.1, 0.15) is 10.4 Å².